The number of hydrogen-bond acceptors (Lipinski definition) is 4. The largest absolute Gasteiger partial charge is 0.349 e. The number of carbonyl (C=O) groups is 1. The van der Waals surface area contributed by atoms with Crippen LogP contribution < -0.4 is 11.0 Å². The minimum atomic E-state index is -0.167. The average molecular weight is 278 g/mol. The lowest BCUT2D eigenvalue weighted by atomic mass is 10.1. The second kappa shape index (κ2) is 5.00. The van der Waals surface area contributed by atoms with E-state index in [4.69, 9.17) is 0 Å². The molecular formula is C12H14N4O2S. The van der Waals surface area contributed by atoms with Crippen molar-refractivity contribution >= 4 is 17.2 Å². The molecule has 1 aliphatic rings. The van der Waals surface area contributed by atoms with Crippen LogP contribution in [-0.4, -0.2) is 26.7 Å². The molecule has 1 aliphatic heterocycles. The van der Waals surface area contributed by atoms with Crippen LogP contribution >= 0.6 is 11.3 Å². The molecule has 0 saturated carbocycles. The number of thiophene rings is 1. The fourth-order valence-corrected chi connectivity index (χ4v) is 2.95. The van der Waals surface area contributed by atoms with Crippen LogP contribution in [0.3, 0.4) is 0 Å². The Bertz CT molecular complexity index is 628. The number of aromatic nitrogens is 3. The van der Waals surface area contributed by atoms with Gasteiger partial charge in [-0.15, -0.1) is 0 Å². The number of nitrogens with zero attached hydrogens (tertiary/aromatic N) is 2. The quantitative estimate of drug-likeness (QED) is 0.851. The van der Waals surface area contributed by atoms with E-state index in [1.165, 1.54) is 11.3 Å². The highest BCUT2D eigenvalue weighted by Crippen LogP contribution is 2.13. The molecule has 7 heteroatoms. The Kier molecular flexibility index (Phi) is 3.20. The Labute approximate surface area is 113 Å². The van der Waals surface area contributed by atoms with Crippen molar-refractivity contribution in [1.82, 2.24) is 20.1 Å². The van der Waals surface area contributed by atoms with Crippen molar-refractivity contribution in [3.8, 4) is 0 Å². The predicted octanol–water partition coefficient (Wildman–Crippen LogP) is 0.768. The molecular weight excluding hydrogens is 264 g/mol. The van der Waals surface area contributed by atoms with Gasteiger partial charge in [0.05, 0.1) is 0 Å². The molecule has 3 heterocycles. The Hall–Kier alpha value is -1.89. The van der Waals surface area contributed by atoms with E-state index in [0.717, 1.165) is 18.7 Å². The number of hydrogen-bond donors (Lipinski definition) is 2. The lowest BCUT2D eigenvalue weighted by Crippen LogP contribution is -2.35. The second-order valence-electron chi connectivity index (χ2n) is 4.61. The lowest BCUT2D eigenvalue weighted by molar-refractivity contribution is 0.0933. The maximum absolute atomic E-state index is 12.0. The number of H-pyrrole nitrogens is 1. The normalized spacial score (nSPS) is 18.6. The third-order valence-electron chi connectivity index (χ3n) is 3.37. The molecule has 0 aliphatic carbocycles. The number of fused-ring (bicyclic) bond motifs is 1. The molecule has 19 heavy (non-hydrogen) atoms. The van der Waals surface area contributed by atoms with E-state index < -0.39 is 0 Å². The van der Waals surface area contributed by atoms with Gasteiger partial charge in [0.2, 0.25) is 0 Å². The fraction of sp³-hybridized carbons (Fsp3) is 0.417. The molecule has 0 radical (unpaired) electrons. The molecule has 2 N–H and O–H groups in total. The van der Waals surface area contributed by atoms with Gasteiger partial charge < -0.3 is 5.32 Å². The molecule has 0 bridgehead atoms. The molecule has 6 nitrogen and oxygen atoms in total. The summed E-state index contributed by atoms with van der Waals surface area (Å²) in [5.41, 5.74) is 0.532. The first kappa shape index (κ1) is 12.2. The van der Waals surface area contributed by atoms with E-state index in [0.29, 0.717) is 18.5 Å². The third kappa shape index (κ3) is 2.46. The Balaban J connectivity index is 1.66. The van der Waals surface area contributed by atoms with Gasteiger partial charge in [0, 0.05) is 30.0 Å². The van der Waals surface area contributed by atoms with Crippen LogP contribution in [-0.2, 0) is 13.0 Å². The third-order valence-corrected chi connectivity index (χ3v) is 4.06. The zero-order valence-electron chi connectivity index (χ0n) is 10.3. The van der Waals surface area contributed by atoms with Crippen LogP contribution in [0.15, 0.2) is 21.6 Å². The number of nitrogens with one attached hydrogen (secondary N) is 2. The molecule has 0 aromatic carbocycles. The minimum absolute atomic E-state index is 0.0419. The summed E-state index contributed by atoms with van der Waals surface area (Å²) >= 11 is 1.51. The highest BCUT2D eigenvalue weighted by Gasteiger charge is 2.20. The highest BCUT2D eigenvalue weighted by atomic mass is 32.1. The van der Waals surface area contributed by atoms with Crippen molar-refractivity contribution in [3.63, 3.8) is 0 Å². The molecule has 2 aromatic rings. The van der Waals surface area contributed by atoms with Gasteiger partial charge in [0.1, 0.15) is 5.82 Å². The SMILES string of the molecule is O=C(NC1CCc2n[nH]c(=O)n2CC1)c1ccsc1. The first-order valence-electron chi connectivity index (χ1n) is 6.21. The minimum Gasteiger partial charge on any atom is -0.349 e. The summed E-state index contributed by atoms with van der Waals surface area (Å²) in [6, 6.07) is 1.90. The van der Waals surface area contributed by atoms with Crippen LogP contribution in [0.25, 0.3) is 0 Å². The Morgan fingerprint density at radius 2 is 2.42 bits per heavy atom. The van der Waals surface area contributed by atoms with Gasteiger partial charge in [-0.3, -0.25) is 9.36 Å². The monoisotopic (exact) mass is 278 g/mol. The summed E-state index contributed by atoms with van der Waals surface area (Å²) in [5, 5.41) is 13.2. The number of carbonyl (C=O) groups excluding carboxylic acids is 1. The van der Waals surface area contributed by atoms with E-state index in [9.17, 15) is 9.59 Å². The van der Waals surface area contributed by atoms with Crippen molar-refractivity contribution in [3.05, 3.63) is 38.7 Å². The van der Waals surface area contributed by atoms with Crippen molar-refractivity contribution < 1.29 is 4.79 Å². The molecule has 100 valence electrons. The Morgan fingerprint density at radius 1 is 1.53 bits per heavy atom. The zero-order chi connectivity index (χ0) is 13.2. The second-order valence-corrected chi connectivity index (χ2v) is 5.39. The zero-order valence-corrected chi connectivity index (χ0v) is 11.1. The van der Waals surface area contributed by atoms with Crippen LogP contribution in [0.5, 0.6) is 0 Å². The summed E-state index contributed by atoms with van der Waals surface area (Å²) < 4.78 is 1.65. The van der Waals surface area contributed by atoms with E-state index in [1.54, 1.807) is 4.57 Å². The average Bonchev–Trinajstić information content (AvgIpc) is 2.99. The molecule has 1 atom stereocenters. The summed E-state index contributed by atoms with van der Waals surface area (Å²) in [6.07, 6.45) is 2.26. The fourth-order valence-electron chi connectivity index (χ4n) is 2.31. The van der Waals surface area contributed by atoms with Crippen molar-refractivity contribution in [1.29, 1.82) is 0 Å². The molecule has 1 amide bonds. The van der Waals surface area contributed by atoms with Gasteiger partial charge in [-0.05, 0) is 24.3 Å². The first-order valence-corrected chi connectivity index (χ1v) is 7.15. The van der Waals surface area contributed by atoms with Gasteiger partial charge >= 0.3 is 5.69 Å². The van der Waals surface area contributed by atoms with Crippen LogP contribution in [0.1, 0.15) is 29.0 Å². The van der Waals surface area contributed by atoms with Crippen LogP contribution in [0.4, 0.5) is 0 Å². The highest BCUT2D eigenvalue weighted by molar-refractivity contribution is 7.08. The number of aryl methyl sites for hydroxylation is 1. The lowest BCUT2D eigenvalue weighted by Gasteiger charge is -2.15. The van der Waals surface area contributed by atoms with Crippen LogP contribution in [0.2, 0.25) is 0 Å². The summed E-state index contributed by atoms with van der Waals surface area (Å²) in [4.78, 5) is 23.5. The maximum Gasteiger partial charge on any atom is 0.343 e. The standard InChI is InChI=1S/C12H14N4O2S/c17-11(8-4-6-19-7-8)13-9-1-2-10-14-15-12(18)16(10)5-3-9/h4,6-7,9H,1-3,5H2,(H,13,17)(H,15,18). The molecule has 3 rings (SSSR count). The van der Waals surface area contributed by atoms with Crippen molar-refractivity contribution in [2.45, 2.75) is 31.8 Å². The topological polar surface area (TPSA) is 79.8 Å². The smallest absolute Gasteiger partial charge is 0.343 e. The first-order chi connectivity index (χ1) is 9.24. The van der Waals surface area contributed by atoms with E-state index >= 15 is 0 Å². The molecule has 1 unspecified atom stereocenters. The molecule has 0 spiro atoms. The van der Waals surface area contributed by atoms with Crippen LogP contribution in [0, 0.1) is 0 Å². The van der Waals surface area contributed by atoms with Gasteiger partial charge in [0.15, 0.2) is 0 Å². The van der Waals surface area contributed by atoms with Crippen molar-refractivity contribution in [2.75, 3.05) is 0 Å². The maximum atomic E-state index is 12.0. The predicted molar refractivity (Wildman–Crippen MR) is 71.4 cm³/mol. The van der Waals surface area contributed by atoms with E-state index in [1.807, 2.05) is 16.8 Å². The number of amides is 1. The van der Waals surface area contributed by atoms with Crippen molar-refractivity contribution in [2.24, 2.45) is 0 Å². The van der Waals surface area contributed by atoms with Gasteiger partial charge in [-0.2, -0.15) is 16.4 Å². The van der Waals surface area contributed by atoms with E-state index in [2.05, 4.69) is 15.5 Å². The van der Waals surface area contributed by atoms with Gasteiger partial charge in [0.25, 0.3) is 5.91 Å². The number of rotatable bonds is 2. The van der Waals surface area contributed by atoms with Gasteiger partial charge in [-0.1, -0.05) is 0 Å². The Morgan fingerprint density at radius 3 is 3.21 bits per heavy atom. The number of aromatic amines is 1. The molecule has 0 fully saturated rings. The molecule has 0 saturated heterocycles. The van der Waals surface area contributed by atoms with E-state index in [-0.39, 0.29) is 17.6 Å². The summed E-state index contributed by atoms with van der Waals surface area (Å²) in [5.74, 6) is 0.733. The summed E-state index contributed by atoms with van der Waals surface area (Å²) in [7, 11) is 0. The molecule has 2 aromatic heterocycles. The van der Waals surface area contributed by atoms with Gasteiger partial charge in [-0.25, -0.2) is 9.89 Å². The summed E-state index contributed by atoms with van der Waals surface area (Å²) in [6.45, 7) is 0.596.